The lowest BCUT2D eigenvalue weighted by Gasteiger charge is -2.07. The maximum atomic E-state index is 13.1. The van der Waals surface area contributed by atoms with Gasteiger partial charge in [-0.25, -0.2) is 13.8 Å². The van der Waals surface area contributed by atoms with Crippen LogP contribution in [0.4, 0.5) is 8.78 Å². The van der Waals surface area contributed by atoms with Crippen molar-refractivity contribution >= 4 is 5.78 Å². The summed E-state index contributed by atoms with van der Waals surface area (Å²) in [7, 11) is 2.70. The molecule has 0 amide bonds. The Morgan fingerprint density at radius 3 is 2.50 bits per heavy atom. The topological polar surface area (TPSA) is 61.3 Å². The van der Waals surface area contributed by atoms with Crippen molar-refractivity contribution in [1.29, 1.82) is 0 Å². The highest BCUT2D eigenvalue weighted by molar-refractivity contribution is 6.09. The number of aromatic nitrogens is 2. The first-order valence-corrected chi connectivity index (χ1v) is 5.51. The molecule has 1 aromatic heterocycles. The number of hydrogen-bond acceptors (Lipinski definition) is 5. The van der Waals surface area contributed by atoms with Gasteiger partial charge in [-0.1, -0.05) is 0 Å². The average molecular weight is 280 g/mol. The number of carbonyl (C=O) groups is 1. The fourth-order valence-corrected chi connectivity index (χ4v) is 1.53. The quantitative estimate of drug-likeness (QED) is 0.802. The van der Waals surface area contributed by atoms with E-state index in [0.29, 0.717) is 0 Å². The molecule has 5 nitrogen and oxygen atoms in total. The molecule has 0 fully saturated rings. The van der Waals surface area contributed by atoms with Crippen LogP contribution in [-0.2, 0) is 0 Å². The van der Waals surface area contributed by atoms with Crippen molar-refractivity contribution in [1.82, 2.24) is 9.97 Å². The van der Waals surface area contributed by atoms with Gasteiger partial charge in [0.15, 0.2) is 17.3 Å². The first-order valence-electron chi connectivity index (χ1n) is 5.51. The highest BCUT2D eigenvalue weighted by Crippen LogP contribution is 2.21. The smallest absolute Gasteiger partial charge is 0.247 e. The van der Waals surface area contributed by atoms with Gasteiger partial charge in [-0.2, -0.15) is 4.98 Å². The number of nitrogens with zero attached hydrogens (tertiary/aromatic N) is 2. The molecular weight excluding hydrogens is 270 g/mol. The van der Waals surface area contributed by atoms with Crippen LogP contribution in [0.2, 0.25) is 0 Å². The van der Waals surface area contributed by atoms with Crippen molar-refractivity contribution in [2.45, 2.75) is 0 Å². The van der Waals surface area contributed by atoms with Gasteiger partial charge in [0.2, 0.25) is 17.5 Å². The number of benzene rings is 1. The highest BCUT2D eigenvalue weighted by Gasteiger charge is 2.19. The van der Waals surface area contributed by atoms with E-state index >= 15 is 0 Å². The second-order valence-electron chi connectivity index (χ2n) is 3.73. The van der Waals surface area contributed by atoms with Crippen LogP contribution < -0.4 is 9.47 Å². The molecule has 7 heteroatoms. The molecule has 104 valence electrons. The van der Waals surface area contributed by atoms with E-state index in [1.54, 1.807) is 0 Å². The molecule has 0 unspecified atom stereocenters. The number of ether oxygens (including phenoxy) is 2. The fourth-order valence-electron chi connectivity index (χ4n) is 1.53. The predicted octanol–water partition coefficient (Wildman–Crippen LogP) is 2.00. The molecule has 2 aromatic rings. The number of rotatable bonds is 4. The Kier molecular flexibility index (Phi) is 3.88. The lowest BCUT2D eigenvalue weighted by atomic mass is 10.1. The third-order valence-corrected chi connectivity index (χ3v) is 2.52. The van der Waals surface area contributed by atoms with Crippen LogP contribution in [0.3, 0.4) is 0 Å². The normalized spacial score (nSPS) is 10.2. The van der Waals surface area contributed by atoms with E-state index in [9.17, 15) is 13.6 Å². The Hall–Kier alpha value is -2.57. The van der Waals surface area contributed by atoms with E-state index < -0.39 is 17.4 Å². The minimum atomic E-state index is -1.11. The molecular formula is C13H10F2N2O3. The Morgan fingerprint density at radius 1 is 1.15 bits per heavy atom. The number of hydrogen-bond donors (Lipinski definition) is 0. The van der Waals surface area contributed by atoms with Crippen molar-refractivity contribution in [2.75, 3.05) is 14.2 Å². The van der Waals surface area contributed by atoms with E-state index in [4.69, 9.17) is 9.47 Å². The highest BCUT2D eigenvalue weighted by atomic mass is 19.2. The van der Waals surface area contributed by atoms with Crippen molar-refractivity contribution in [2.24, 2.45) is 0 Å². The summed E-state index contributed by atoms with van der Waals surface area (Å²) >= 11 is 0. The lowest BCUT2D eigenvalue weighted by Crippen LogP contribution is -2.09. The minimum absolute atomic E-state index is 0.0540. The van der Waals surface area contributed by atoms with Gasteiger partial charge >= 0.3 is 0 Å². The molecule has 0 N–H and O–H groups in total. The molecule has 0 aliphatic rings. The molecule has 0 saturated carbocycles. The van der Waals surface area contributed by atoms with Gasteiger partial charge < -0.3 is 9.47 Å². The monoisotopic (exact) mass is 280 g/mol. The number of carbonyl (C=O) groups excluding carboxylic acids is 1. The van der Waals surface area contributed by atoms with E-state index in [1.165, 1.54) is 20.4 Å². The Labute approximate surface area is 113 Å². The van der Waals surface area contributed by atoms with Crippen LogP contribution >= 0.6 is 0 Å². The van der Waals surface area contributed by atoms with Crippen molar-refractivity contribution in [3.63, 3.8) is 0 Å². The van der Waals surface area contributed by atoms with Gasteiger partial charge in [0.1, 0.15) is 0 Å². The second kappa shape index (κ2) is 5.60. The van der Waals surface area contributed by atoms with Gasteiger partial charge in [0, 0.05) is 5.56 Å². The van der Waals surface area contributed by atoms with E-state index in [2.05, 4.69) is 9.97 Å². The average Bonchev–Trinajstić information content (AvgIpc) is 2.48. The second-order valence-corrected chi connectivity index (χ2v) is 3.73. The van der Waals surface area contributed by atoms with Crippen LogP contribution in [0.5, 0.6) is 11.8 Å². The summed E-state index contributed by atoms with van der Waals surface area (Å²) in [6, 6.07) is 2.82. The molecule has 0 spiro atoms. The van der Waals surface area contributed by atoms with Gasteiger partial charge in [-0.3, -0.25) is 4.79 Å². The molecule has 0 radical (unpaired) electrons. The molecule has 0 atom stereocenters. The largest absolute Gasteiger partial charge is 0.480 e. The first-order chi connectivity index (χ1) is 9.56. The van der Waals surface area contributed by atoms with Crippen LogP contribution in [-0.4, -0.2) is 30.0 Å². The summed E-state index contributed by atoms with van der Waals surface area (Å²) in [4.78, 5) is 19.9. The Morgan fingerprint density at radius 2 is 1.90 bits per heavy atom. The summed E-state index contributed by atoms with van der Waals surface area (Å²) in [6.45, 7) is 0. The molecule has 0 aliphatic carbocycles. The standard InChI is InChI=1S/C13H10F2N2O3/c1-19-10-6-16-11(13(17-10)20-2)12(18)7-3-4-8(14)9(15)5-7/h3-6H,1-2H3. The van der Waals surface area contributed by atoms with Crippen molar-refractivity contribution in [3.05, 3.63) is 47.3 Å². The zero-order chi connectivity index (χ0) is 14.7. The zero-order valence-electron chi connectivity index (χ0n) is 10.7. The molecule has 1 aromatic carbocycles. The third kappa shape index (κ3) is 2.56. The number of methoxy groups -OCH3 is 2. The SMILES string of the molecule is COc1cnc(C(=O)c2ccc(F)c(F)c2)c(OC)n1. The third-order valence-electron chi connectivity index (χ3n) is 2.52. The van der Waals surface area contributed by atoms with Crippen LogP contribution in [0.15, 0.2) is 24.4 Å². The minimum Gasteiger partial charge on any atom is -0.480 e. The summed E-state index contributed by atoms with van der Waals surface area (Å²) in [6.07, 6.45) is 1.23. The number of halogens is 2. The Bertz CT molecular complexity index is 662. The van der Waals surface area contributed by atoms with Gasteiger partial charge in [0.05, 0.1) is 20.4 Å². The molecule has 0 aliphatic heterocycles. The molecule has 0 saturated heterocycles. The predicted molar refractivity (Wildman–Crippen MR) is 64.9 cm³/mol. The Balaban J connectivity index is 2.44. The van der Waals surface area contributed by atoms with Crippen molar-refractivity contribution in [3.8, 4) is 11.8 Å². The van der Waals surface area contributed by atoms with Crippen LogP contribution in [0, 0.1) is 11.6 Å². The fraction of sp³-hybridized carbons (Fsp3) is 0.154. The number of ketones is 1. The first kappa shape index (κ1) is 13.9. The van der Waals surface area contributed by atoms with Gasteiger partial charge in [-0.05, 0) is 18.2 Å². The van der Waals surface area contributed by atoms with E-state index in [0.717, 1.165) is 18.2 Å². The van der Waals surface area contributed by atoms with Gasteiger partial charge in [0.25, 0.3) is 0 Å². The van der Waals surface area contributed by atoms with Crippen molar-refractivity contribution < 1.29 is 23.0 Å². The summed E-state index contributed by atoms with van der Waals surface area (Å²) in [5.74, 6) is -2.66. The van der Waals surface area contributed by atoms with Crippen LogP contribution in [0.1, 0.15) is 16.1 Å². The van der Waals surface area contributed by atoms with Crippen LogP contribution in [0.25, 0.3) is 0 Å². The molecule has 20 heavy (non-hydrogen) atoms. The molecule has 2 rings (SSSR count). The molecule has 0 bridgehead atoms. The maximum Gasteiger partial charge on any atom is 0.247 e. The zero-order valence-corrected chi connectivity index (χ0v) is 10.7. The molecule has 1 heterocycles. The van der Waals surface area contributed by atoms with E-state index in [-0.39, 0.29) is 23.0 Å². The summed E-state index contributed by atoms with van der Waals surface area (Å²) in [5, 5.41) is 0. The summed E-state index contributed by atoms with van der Waals surface area (Å²) in [5.41, 5.74) is -0.166. The van der Waals surface area contributed by atoms with Gasteiger partial charge in [-0.15, -0.1) is 0 Å². The summed E-state index contributed by atoms with van der Waals surface area (Å²) < 4.78 is 35.8. The van der Waals surface area contributed by atoms with E-state index in [1.807, 2.05) is 0 Å². The lowest BCUT2D eigenvalue weighted by molar-refractivity contribution is 0.102. The maximum absolute atomic E-state index is 13.1.